The molecule has 0 aliphatic carbocycles. The molecule has 1 nitrogen and oxygen atoms in total. The third-order valence-electron chi connectivity index (χ3n) is 6.03. The van der Waals surface area contributed by atoms with Crippen molar-refractivity contribution in [3.8, 4) is 0 Å². The van der Waals surface area contributed by atoms with Crippen LogP contribution in [0.2, 0.25) is 6.04 Å². The van der Waals surface area contributed by atoms with Gasteiger partial charge in [0.15, 0.2) is 0 Å². The van der Waals surface area contributed by atoms with Gasteiger partial charge >= 0.3 is 0 Å². The molecule has 4 aromatic carbocycles. The van der Waals surface area contributed by atoms with E-state index in [1.54, 1.807) is 10.4 Å². The maximum atomic E-state index is 2.55. The molecule has 0 saturated carbocycles. The van der Waals surface area contributed by atoms with Crippen LogP contribution in [0.1, 0.15) is 25.3 Å². The predicted molar refractivity (Wildman–Crippen MR) is 127 cm³/mol. The van der Waals surface area contributed by atoms with E-state index < -0.39 is 8.80 Å². The Morgan fingerprint density at radius 2 is 1.31 bits per heavy atom. The molecule has 2 heteroatoms. The summed E-state index contributed by atoms with van der Waals surface area (Å²) in [5.74, 6) is 0. The van der Waals surface area contributed by atoms with Crippen molar-refractivity contribution in [3.05, 3.63) is 96.6 Å². The second kappa shape index (κ2) is 7.88. The van der Waals surface area contributed by atoms with Crippen molar-refractivity contribution in [3.63, 3.8) is 0 Å². The zero-order chi connectivity index (χ0) is 19.6. The van der Waals surface area contributed by atoms with Crippen LogP contribution in [-0.2, 0) is 6.54 Å². The van der Waals surface area contributed by atoms with Crippen molar-refractivity contribution in [1.29, 1.82) is 0 Å². The topological polar surface area (TPSA) is 3.24 Å². The molecule has 0 aromatic heterocycles. The van der Waals surface area contributed by atoms with Gasteiger partial charge in [0.1, 0.15) is 8.80 Å². The van der Waals surface area contributed by atoms with Gasteiger partial charge in [0.05, 0.1) is 0 Å². The average molecular weight is 393 g/mol. The maximum Gasteiger partial charge on any atom is 0.126 e. The van der Waals surface area contributed by atoms with Gasteiger partial charge in [-0.15, -0.1) is 0 Å². The van der Waals surface area contributed by atoms with Gasteiger partial charge in [0.2, 0.25) is 0 Å². The lowest BCUT2D eigenvalue weighted by Gasteiger charge is -2.37. The van der Waals surface area contributed by atoms with E-state index >= 15 is 0 Å². The van der Waals surface area contributed by atoms with Crippen LogP contribution in [0.3, 0.4) is 0 Å². The summed E-state index contributed by atoms with van der Waals surface area (Å²) in [6.07, 6.45) is 2.57. The first-order valence-corrected chi connectivity index (χ1v) is 12.4. The van der Waals surface area contributed by atoms with E-state index in [9.17, 15) is 0 Å². The lowest BCUT2D eigenvalue weighted by molar-refractivity contribution is 0.877. The minimum atomic E-state index is -0.732. The number of benzene rings is 4. The molecule has 0 N–H and O–H groups in total. The molecule has 0 bridgehead atoms. The SMILES string of the molecule is CCCC[Si]1c2ccccc2N(Cc2cccc3ccccc23)c2ccccc21. The van der Waals surface area contributed by atoms with E-state index in [2.05, 4.69) is 103 Å². The molecule has 1 aliphatic rings. The summed E-state index contributed by atoms with van der Waals surface area (Å²) in [6, 6.07) is 35.0. The first kappa shape index (κ1) is 18.2. The minimum Gasteiger partial charge on any atom is -0.337 e. The van der Waals surface area contributed by atoms with Crippen molar-refractivity contribution >= 4 is 41.3 Å². The summed E-state index contributed by atoms with van der Waals surface area (Å²) in [7, 11) is -0.732. The molecule has 29 heavy (non-hydrogen) atoms. The van der Waals surface area contributed by atoms with E-state index in [-0.39, 0.29) is 0 Å². The van der Waals surface area contributed by atoms with Crippen molar-refractivity contribution < 1.29 is 0 Å². The van der Waals surface area contributed by atoms with Gasteiger partial charge in [-0.05, 0) is 38.8 Å². The van der Waals surface area contributed by atoms with Gasteiger partial charge < -0.3 is 4.90 Å². The van der Waals surface area contributed by atoms with Crippen LogP contribution >= 0.6 is 0 Å². The fourth-order valence-corrected chi connectivity index (χ4v) is 7.78. The van der Waals surface area contributed by atoms with E-state index in [1.165, 1.54) is 46.6 Å². The zero-order valence-corrected chi connectivity index (χ0v) is 17.9. The van der Waals surface area contributed by atoms with Gasteiger partial charge in [0, 0.05) is 17.9 Å². The third kappa shape index (κ3) is 3.28. The lowest BCUT2D eigenvalue weighted by atomic mass is 10.0. The van der Waals surface area contributed by atoms with Crippen molar-refractivity contribution in [2.45, 2.75) is 32.4 Å². The molecule has 0 saturated heterocycles. The number of rotatable bonds is 5. The Labute approximate surface area is 175 Å². The summed E-state index contributed by atoms with van der Waals surface area (Å²) in [5, 5.41) is 5.82. The highest BCUT2D eigenvalue weighted by Gasteiger charge is 2.31. The molecular weight excluding hydrogens is 366 g/mol. The van der Waals surface area contributed by atoms with E-state index in [1.807, 2.05) is 0 Å². The predicted octanol–water partition coefficient (Wildman–Crippen LogP) is 5.90. The van der Waals surface area contributed by atoms with Crippen molar-refractivity contribution in [1.82, 2.24) is 0 Å². The summed E-state index contributed by atoms with van der Waals surface area (Å²) >= 11 is 0. The molecule has 1 heterocycles. The molecule has 0 spiro atoms. The fourth-order valence-electron chi connectivity index (χ4n) is 4.60. The average Bonchev–Trinajstić information content (AvgIpc) is 2.78. The zero-order valence-electron chi connectivity index (χ0n) is 16.9. The van der Waals surface area contributed by atoms with Gasteiger partial charge in [-0.25, -0.2) is 0 Å². The highest BCUT2D eigenvalue weighted by molar-refractivity contribution is 6.88. The normalized spacial score (nSPS) is 13.3. The maximum absolute atomic E-state index is 2.55. The number of hydrogen-bond acceptors (Lipinski definition) is 1. The Bertz CT molecular complexity index is 1100. The Kier molecular flexibility index (Phi) is 4.95. The number of fused-ring (bicyclic) bond motifs is 3. The van der Waals surface area contributed by atoms with Crippen LogP contribution < -0.4 is 15.3 Å². The summed E-state index contributed by atoms with van der Waals surface area (Å²) in [6.45, 7) is 3.20. The molecule has 1 aliphatic heterocycles. The number of nitrogens with zero attached hydrogens (tertiary/aromatic N) is 1. The third-order valence-corrected chi connectivity index (χ3v) is 9.03. The fraction of sp³-hybridized carbons (Fsp3) is 0.185. The lowest BCUT2D eigenvalue weighted by Crippen LogP contribution is -2.50. The highest BCUT2D eigenvalue weighted by Crippen LogP contribution is 2.32. The van der Waals surface area contributed by atoms with Gasteiger partial charge in [-0.1, -0.05) is 105 Å². The molecule has 0 fully saturated rings. The molecule has 0 unspecified atom stereocenters. The van der Waals surface area contributed by atoms with Crippen molar-refractivity contribution in [2.24, 2.45) is 0 Å². The standard InChI is InChI=1S/C27H26NSi/c1-2-3-19-29-26-17-8-6-15-24(26)28(25-16-7-9-18-27(25)29)20-22-13-10-12-21-11-4-5-14-23(21)22/h4-18H,2-3,19-20H2,1H3. The number of hydrogen-bond donors (Lipinski definition) is 0. The van der Waals surface area contributed by atoms with Gasteiger partial charge in [-0.2, -0.15) is 0 Å². The number of para-hydroxylation sites is 2. The highest BCUT2D eigenvalue weighted by atomic mass is 28.3. The van der Waals surface area contributed by atoms with Gasteiger partial charge in [-0.3, -0.25) is 0 Å². The van der Waals surface area contributed by atoms with Crippen LogP contribution in [0.4, 0.5) is 11.4 Å². The van der Waals surface area contributed by atoms with Crippen LogP contribution in [0, 0.1) is 0 Å². The largest absolute Gasteiger partial charge is 0.337 e. The van der Waals surface area contributed by atoms with Crippen LogP contribution in [-0.4, -0.2) is 8.80 Å². The summed E-state index contributed by atoms with van der Waals surface area (Å²) < 4.78 is 0. The van der Waals surface area contributed by atoms with E-state index in [0.717, 1.165) is 6.54 Å². The monoisotopic (exact) mass is 392 g/mol. The second-order valence-corrected chi connectivity index (χ2v) is 10.4. The molecule has 143 valence electrons. The van der Waals surface area contributed by atoms with Crippen LogP contribution in [0.15, 0.2) is 91.0 Å². The summed E-state index contributed by atoms with van der Waals surface area (Å²) in [4.78, 5) is 2.55. The number of unbranched alkanes of at least 4 members (excludes halogenated alkanes) is 1. The second-order valence-electron chi connectivity index (χ2n) is 7.84. The van der Waals surface area contributed by atoms with Gasteiger partial charge in [0.25, 0.3) is 0 Å². The van der Waals surface area contributed by atoms with Crippen LogP contribution in [0.5, 0.6) is 0 Å². The summed E-state index contributed by atoms with van der Waals surface area (Å²) in [5.41, 5.74) is 4.20. The molecule has 5 rings (SSSR count). The first-order valence-electron chi connectivity index (χ1n) is 10.7. The molecule has 4 aromatic rings. The van der Waals surface area contributed by atoms with Crippen LogP contribution in [0.25, 0.3) is 10.8 Å². The minimum absolute atomic E-state index is 0.732. The van der Waals surface area contributed by atoms with Crippen molar-refractivity contribution in [2.75, 3.05) is 4.90 Å². The molecule has 0 amide bonds. The smallest absolute Gasteiger partial charge is 0.126 e. The Balaban J connectivity index is 1.64. The molecule has 1 radical (unpaired) electrons. The molecule has 0 atom stereocenters. The Morgan fingerprint density at radius 3 is 2.03 bits per heavy atom. The Morgan fingerprint density at radius 1 is 0.690 bits per heavy atom. The van der Waals surface area contributed by atoms with E-state index in [4.69, 9.17) is 0 Å². The number of anilines is 2. The first-order chi connectivity index (χ1) is 14.4. The Hall–Kier alpha value is -2.84. The van der Waals surface area contributed by atoms with E-state index in [0.29, 0.717) is 0 Å². The molecular formula is C27H26NSi. The quantitative estimate of drug-likeness (QED) is 0.382.